The number of ether oxygens (including phenoxy) is 9. The van der Waals surface area contributed by atoms with Crippen molar-refractivity contribution in [1.29, 1.82) is 0 Å². The Morgan fingerprint density at radius 1 is 0.630 bits per heavy atom. The van der Waals surface area contributed by atoms with Crippen LogP contribution in [0.25, 0.3) is 22.3 Å². The van der Waals surface area contributed by atoms with Gasteiger partial charge in [0.05, 0.1) is 53.5 Å². The van der Waals surface area contributed by atoms with Crippen molar-refractivity contribution < 1.29 is 160 Å². The number of esters is 1. The predicted molar refractivity (Wildman–Crippen MR) is 485 cm³/mol. The molecule has 138 heavy (non-hydrogen) atoms. The number of nitrogens with one attached hydrogen (secondary N) is 9. The number of halogens is 3. The number of phenols is 3. The van der Waals surface area contributed by atoms with E-state index in [1.165, 1.54) is 45.3 Å². The summed E-state index contributed by atoms with van der Waals surface area (Å²) in [6.45, 7) is 7.01. The highest BCUT2D eigenvalue weighted by Crippen LogP contribution is 2.59. The van der Waals surface area contributed by atoms with Gasteiger partial charge in [0.25, 0.3) is 5.91 Å². The van der Waals surface area contributed by atoms with Gasteiger partial charge in [0.2, 0.25) is 58.9 Å². The van der Waals surface area contributed by atoms with E-state index in [2.05, 4.69) is 42.5 Å². The first-order valence-electron chi connectivity index (χ1n) is 43.1. The number of hydrogen-bond donors (Lipinski definition) is 24. The van der Waals surface area contributed by atoms with Crippen LogP contribution in [0.2, 0.25) is 15.1 Å². The Morgan fingerprint density at radius 2 is 1.21 bits per heavy atom. The van der Waals surface area contributed by atoms with Gasteiger partial charge in [-0.3, -0.25) is 47.5 Å². The summed E-state index contributed by atoms with van der Waals surface area (Å²) in [6.07, 6.45) is -24.3. The van der Waals surface area contributed by atoms with Crippen LogP contribution in [-0.2, 0) is 87.2 Å². The fourth-order valence-electron chi connectivity index (χ4n) is 16.9. The Balaban J connectivity index is 1.02. The van der Waals surface area contributed by atoms with Crippen molar-refractivity contribution in [2.75, 3.05) is 20.3 Å². The van der Waals surface area contributed by atoms with Crippen molar-refractivity contribution in [3.05, 3.63) is 176 Å². The zero-order chi connectivity index (χ0) is 101. The summed E-state index contributed by atoms with van der Waals surface area (Å²) in [5.41, 5.74) is 5.16. The molecule has 26 N–H and O–H groups in total. The molecule has 49 heteroatoms. The third-order valence-corrected chi connectivity index (χ3v) is 28.4. The predicted octanol–water partition coefficient (Wildman–Crippen LogP) is 2.71. The summed E-state index contributed by atoms with van der Waals surface area (Å²) in [6, 6.07) is 12.3. The van der Waals surface area contributed by atoms with E-state index < -0.39 is 317 Å². The molecular weight excluding hydrogens is 1920 g/mol. The molecule has 22 atom stereocenters. The average molecular weight is 2020 g/mol. The lowest BCUT2D eigenvalue weighted by Crippen LogP contribution is -2.65. The first-order chi connectivity index (χ1) is 64.9. The van der Waals surface area contributed by atoms with Crippen LogP contribution in [0.4, 0.5) is 0 Å². The fraction of sp³-hybridized carbons (Fsp3) is 0.427. The molecule has 15 rings (SSSR count). The van der Waals surface area contributed by atoms with E-state index >= 15 is 28.8 Å². The molecule has 0 aliphatic carbocycles. The lowest BCUT2D eigenvalue weighted by molar-refractivity contribution is -0.334. The smallest absolute Gasteiger partial charge is 0.360 e. The number of primary amides is 1. The van der Waals surface area contributed by atoms with Crippen LogP contribution in [0.1, 0.15) is 131 Å². The quantitative estimate of drug-likeness (QED) is 0.0305. The third kappa shape index (κ3) is 23.7. The number of likely N-dealkylation sites (N-methyl/N-ethyl adjacent to an activating group) is 1. The maximum absolute atomic E-state index is 16.7. The van der Waals surface area contributed by atoms with Crippen molar-refractivity contribution in [2.45, 2.75) is 213 Å². The van der Waals surface area contributed by atoms with E-state index in [1.807, 2.05) is 36.4 Å². The average Bonchev–Trinajstić information content (AvgIpc) is 0.760. The monoisotopic (exact) mass is 2020 g/mol. The summed E-state index contributed by atoms with van der Waals surface area (Å²) in [5, 5.41) is 129. The zero-order valence-electron chi connectivity index (χ0n) is 74.4. The Morgan fingerprint density at radius 3 is 1.80 bits per heavy atom. The number of hydrogen-bond acceptors (Lipinski definition) is 32. The van der Waals surface area contributed by atoms with Gasteiger partial charge in [-0.2, -0.15) is 0 Å². The number of carbonyl (C=O) groups is 9. The van der Waals surface area contributed by atoms with E-state index in [-0.39, 0.29) is 36.4 Å². The van der Waals surface area contributed by atoms with E-state index in [9.17, 15) is 89.0 Å². The van der Waals surface area contributed by atoms with Crippen molar-refractivity contribution in [1.82, 2.24) is 47.9 Å². The van der Waals surface area contributed by atoms with Crippen molar-refractivity contribution in [2.24, 2.45) is 17.4 Å². The lowest BCUT2D eigenvalue weighted by atomic mass is 9.84. The molecule has 3 fully saturated rings. The molecule has 744 valence electrons. The van der Waals surface area contributed by atoms with Crippen molar-refractivity contribution in [3.63, 3.8) is 0 Å². The number of aromatic hydroxyl groups is 3. The van der Waals surface area contributed by atoms with Gasteiger partial charge in [-0.15, -0.1) is 0 Å². The van der Waals surface area contributed by atoms with Crippen LogP contribution in [-0.4, -0.2) is 247 Å². The van der Waals surface area contributed by atoms with Crippen LogP contribution < -0.4 is 73.5 Å². The minimum Gasteiger partial charge on any atom is -0.508 e. The molecule has 7 aromatic rings. The van der Waals surface area contributed by atoms with Crippen LogP contribution in [0, 0.1) is 5.92 Å². The van der Waals surface area contributed by atoms with Gasteiger partial charge < -0.3 is 167 Å². The number of carbonyl (C=O) groups excluding carboxylic acids is 9. The van der Waals surface area contributed by atoms with Gasteiger partial charge in [-0.1, -0.05) is 103 Å². The van der Waals surface area contributed by atoms with Crippen LogP contribution in [0.15, 0.2) is 127 Å². The van der Waals surface area contributed by atoms with Gasteiger partial charge in [0.1, 0.15) is 89.5 Å². The molecule has 11 bridgehead atoms. The molecule has 8 heterocycles. The summed E-state index contributed by atoms with van der Waals surface area (Å²) >= 11 is 20.9. The number of fused-ring (bicyclic) bond motifs is 15. The molecule has 22 unspecified atom stereocenters. The number of amides is 8. The second-order valence-corrected chi connectivity index (χ2v) is 40.2. The van der Waals surface area contributed by atoms with E-state index in [1.54, 1.807) is 32.9 Å². The number of benzene rings is 7. The Hall–Kier alpha value is -10.8. The summed E-state index contributed by atoms with van der Waals surface area (Å²) < 4.78 is 82.8. The first kappa shape index (κ1) is 105. The largest absolute Gasteiger partial charge is 0.508 e. The molecule has 0 aromatic heterocycles. The molecule has 8 aliphatic rings. The van der Waals surface area contributed by atoms with Gasteiger partial charge in [-0.05, 0) is 153 Å². The zero-order valence-corrected chi connectivity index (χ0v) is 78.5. The minimum absolute atomic E-state index is 0.153. The first-order valence-corrected chi connectivity index (χ1v) is 47.6. The van der Waals surface area contributed by atoms with Gasteiger partial charge in [0.15, 0.2) is 42.8 Å². The molecule has 0 spiro atoms. The molecule has 0 saturated carbocycles. The van der Waals surface area contributed by atoms with E-state index in [4.69, 9.17) is 88.9 Å². The number of nitrogens with two attached hydrogens (primary N) is 2. The van der Waals surface area contributed by atoms with Crippen LogP contribution in [0.5, 0.6) is 46.0 Å². The Kier molecular flexibility index (Phi) is 32.3. The molecule has 8 aliphatic heterocycles. The molecule has 0 radical (unpaired) electrons. The number of phenolic OH excluding ortho intramolecular Hbond substituents is 3. The SMILES string of the molecule is CNC(CC(C)C)C(=O)NC1C(=O)NC(CC(N)=O)C(=O)NC2C(=O)NC3C(=O)NC(C(=O)NC(C(=O)OCC(=O)NC(P(=O)(O)O)P(=O)(O)O)c4cc(O)cc(O)c4-c4cc3ccc4O)C(OC3CC(C)(N)C(O)C(C)O3)c3ccc(c(Cl)c3)Oc3cc2cc(c3OC2OC(CO)C(O)C(O)C2OC2CC(C)(NCc3ccc(-c4ccc(Cl)cc4)cc3)C(O)C(C)O2)Oc2ccc(cc2Cl)C1O. The highest BCUT2D eigenvalue weighted by Gasteiger charge is 2.54. The maximum Gasteiger partial charge on any atom is 0.360 e. The number of aliphatic hydroxyl groups excluding tert-OH is 6. The normalized spacial score (nSPS) is 28.3. The van der Waals surface area contributed by atoms with Crippen molar-refractivity contribution in [3.8, 4) is 68.2 Å². The van der Waals surface area contributed by atoms with Gasteiger partial charge in [-0.25, -0.2) is 4.79 Å². The Labute approximate surface area is 801 Å². The number of rotatable bonds is 24. The molecular formula is C89H104Cl3N11O33P2. The minimum atomic E-state index is -5.94. The maximum atomic E-state index is 16.7. The van der Waals surface area contributed by atoms with Crippen LogP contribution in [0.3, 0.4) is 0 Å². The molecule has 7 aromatic carbocycles. The van der Waals surface area contributed by atoms with Crippen molar-refractivity contribution >= 4 is 103 Å². The second kappa shape index (κ2) is 42.7. The second-order valence-electron chi connectivity index (χ2n) is 35.1. The molecule has 8 amide bonds. The highest BCUT2D eigenvalue weighted by atomic mass is 35.5. The van der Waals surface area contributed by atoms with E-state index in [0.717, 1.165) is 77.4 Å². The standard InChI is InChI=1S/C89H104Cl3N11O33P2/c1-36(2)22-52(95-7)79(115)102-69-71(110)43-15-20-56(50(91)24-43)131-58-26-45-27-59(75(58)136-86-76(73(112)72(111)60(34-104)133-86)135-64-32-89(6,78(114)38(4)130-64)96-33-39-8-10-40(11-9-39)41-12-17-46(90)18-13-41)132-57-21-16-44(25-51(57)92)74(134-63-31-88(5,94)77(113)37(3)129-63)70-84(120)101-68(85(121)128-35-62(109)98-87(137(122,123)124)138(125,126)127)49-28-47(105)29-55(107)65(49)48-23-42(14-19-54(48)106)66(81(117)103-70)100-82(118)67(45)99-80(116)53(30-61(93)108)97-83(69)119/h8-21,23-29,36-38,52-53,60,63-64,66-74,76-78,86-87,95-96,104-107,110-114H,22,30-35,94H2,1-7H3,(H2,93,108)(H,97,119)(H,98,109)(H,99,116)(H,100,118)(H,101,120)(H,102,115)(H,103,117)(H2,122,123,124)(H2,125,126,127). The van der Waals surface area contributed by atoms with Crippen LogP contribution >= 0.6 is 50.0 Å². The lowest BCUT2D eigenvalue weighted by Gasteiger charge is -2.48. The van der Waals surface area contributed by atoms with Gasteiger partial charge >= 0.3 is 21.2 Å². The Bertz CT molecular complexity index is 5870. The highest BCUT2D eigenvalue weighted by molar-refractivity contribution is 7.70. The number of aliphatic hydroxyl groups is 6. The van der Waals surface area contributed by atoms with Gasteiger partial charge in [0, 0.05) is 58.2 Å². The fourth-order valence-corrected chi connectivity index (χ4v) is 19.7. The topological polar surface area (TPSA) is 694 Å². The summed E-state index contributed by atoms with van der Waals surface area (Å²) in [4.78, 5) is 176. The molecule has 44 nitrogen and oxygen atoms in total. The summed E-state index contributed by atoms with van der Waals surface area (Å²) in [7, 11) is -10.4. The summed E-state index contributed by atoms with van der Waals surface area (Å²) in [5.74, 6) is -19.5. The molecule has 3 saturated heterocycles. The van der Waals surface area contributed by atoms with E-state index in [0.29, 0.717) is 11.1 Å². The third-order valence-electron chi connectivity index (χ3n) is 24.2.